The number of amides is 1. The van der Waals surface area contributed by atoms with Crippen LogP contribution in [-0.4, -0.2) is 84.0 Å². The van der Waals surface area contributed by atoms with Gasteiger partial charge in [0, 0.05) is 42.6 Å². The lowest BCUT2D eigenvalue weighted by atomic mass is 9.78. The first-order valence-electron chi connectivity index (χ1n) is 13.5. The molecule has 220 valence electrons. The summed E-state index contributed by atoms with van der Waals surface area (Å²) in [6.07, 6.45) is 0.311. The molecule has 2 aromatic heterocycles. The molecule has 3 rings (SSSR count). The van der Waals surface area contributed by atoms with E-state index in [-0.39, 0.29) is 25.1 Å². The monoisotopic (exact) mass is 608 g/mol. The summed E-state index contributed by atoms with van der Waals surface area (Å²) in [5, 5.41) is 15.4. The Balaban J connectivity index is 1.97. The third-order valence-electron chi connectivity index (χ3n) is 6.98. The third kappa shape index (κ3) is 7.35. The van der Waals surface area contributed by atoms with E-state index in [0.717, 1.165) is 10.9 Å². The number of nitrogens with zero attached hydrogens (tertiary/aromatic N) is 4. The van der Waals surface area contributed by atoms with Crippen molar-refractivity contribution >= 4 is 48.3 Å². The molecule has 1 amide bonds. The van der Waals surface area contributed by atoms with Gasteiger partial charge in [-0.15, -0.1) is 0 Å². The molecular weight excluding hydrogens is 568 g/mol. The van der Waals surface area contributed by atoms with E-state index in [1.807, 2.05) is 50.6 Å². The van der Waals surface area contributed by atoms with Crippen LogP contribution in [0.15, 0.2) is 30.5 Å². The minimum absolute atomic E-state index is 0.118. The number of halogens is 1. The summed E-state index contributed by atoms with van der Waals surface area (Å²) in [5.41, 5.74) is 1.62. The summed E-state index contributed by atoms with van der Waals surface area (Å²) in [7, 11) is 1.65. The fraction of sp³-hybridized carbons (Fsp3) is 0.519. The van der Waals surface area contributed by atoms with E-state index in [9.17, 15) is 9.90 Å². The van der Waals surface area contributed by atoms with Gasteiger partial charge in [-0.1, -0.05) is 38.5 Å². The molecule has 0 spiro atoms. The van der Waals surface area contributed by atoms with E-state index in [2.05, 4.69) is 18.2 Å². The Labute approximate surface area is 245 Å². The van der Waals surface area contributed by atoms with Gasteiger partial charge in [0.25, 0.3) is 0 Å². The van der Waals surface area contributed by atoms with Gasteiger partial charge in [0.2, 0.25) is 0 Å². The molecule has 0 aliphatic carbocycles. The largest absolute Gasteiger partial charge is 0.497 e. The molecule has 1 atom stereocenters. The summed E-state index contributed by atoms with van der Waals surface area (Å²) in [4.78, 5) is 17.8. The van der Waals surface area contributed by atoms with Crippen LogP contribution in [0, 0.1) is 11.3 Å². The van der Waals surface area contributed by atoms with Gasteiger partial charge in [-0.25, -0.2) is 14.5 Å². The van der Waals surface area contributed by atoms with Gasteiger partial charge in [0.15, 0.2) is 25.2 Å². The number of ether oxygens (including phenoxy) is 2. The maximum absolute atomic E-state index is 11.7. The number of carbonyl (C=O) groups is 1. The lowest BCUT2D eigenvalue weighted by molar-refractivity contribution is -0.114. The zero-order valence-electron chi connectivity index (χ0n) is 24.6. The summed E-state index contributed by atoms with van der Waals surface area (Å²) in [6, 6.07) is 7.49. The average molecular weight is 609 g/mol. The number of carboxylic acid groups (broad SMARTS) is 1. The smallest absolute Gasteiger partial charge is 0.407 e. The van der Waals surface area contributed by atoms with Gasteiger partial charge in [0.1, 0.15) is 17.8 Å². The zero-order chi connectivity index (χ0) is 29.6. The predicted molar refractivity (Wildman–Crippen MR) is 163 cm³/mol. The molecule has 10 nitrogen and oxygen atoms in total. The van der Waals surface area contributed by atoms with E-state index in [0.29, 0.717) is 27.9 Å². The van der Waals surface area contributed by atoms with Crippen molar-refractivity contribution in [2.24, 2.45) is 11.3 Å². The topological polar surface area (TPSA) is 108 Å². The Morgan fingerprint density at radius 2 is 1.80 bits per heavy atom. The highest BCUT2D eigenvalue weighted by Gasteiger charge is 2.40. The molecular formula is C27H41ClN4O6Si2. The first-order chi connectivity index (χ1) is 18.9. The molecule has 0 saturated heterocycles. The van der Waals surface area contributed by atoms with E-state index in [1.165, 1.54) is 4.90 Å². The Morgan fingerprint density at radius 3 is 2.38 bits per heavy atom. The number of fused-ring (bicyclic) bond motifs is 1. The van der Waals surface area contributed by atoms with E-state index in [1.54, 1.807) is 26.4 Å². The van der Waals surface area contributed by atoms with Crippen LogP contribution < -0.4 is 9.47 Å². The fourth-order valence-electron chi connectivity index (χ4n) is 4.51. The van der Waals surface area contributed by atoms with Gasteiger partial charge in [0.05, 0.1) is 36.0 Å². The van der Waals surface area contributed by atoms with Crippen LogP contribution in [0.2, 0.25) is 18.1 Å². The van der Waals surface area contributed by atoms with Crippen LogP contribution in [0.5, 0.6) is 11.5 Å². The molecule has 0 radical (unpaired) electrons. The van der Waals surface area contributed by atoms with Crippen LogP contribution >= 0.6 is 11.6 Å². The van der Waals surface area contributed by atoms with Crippen LogP contribution in [0.3, 0.4) is 0 Å². The normalized spacial score (nSPS) is 14.1. The lowest BCUT2D eigenvalue weighted by Crippen LogP contribution is -2.48. The first kappa shape index (κ1) is 31.9. The molecule has 0 aliphatic heterocycles. The van der Waals surface area contributed by atoms with Crippen molar-refractivity contribution in [2.75, 3.05) is 27.3 Å². The van der Waals surface area contributed by atoms with Crippen molar-refractivity contribution < 1.29 is 28.2 Å². The van der Waals surface area contributed by atoms with Crippen molar-refractivity contribution in [1.82, 2.24) is 19.7 Å². The van der Waals surface area contributed by atoms with Gasteiger partial charge in [-0.2, -0.15) is 5.10 Å². The lowest BCUT2D eigenvalue weighted by Gasteiger charge is -2.41. The maximum Gasteiger partial charge on any atom is 0.407 e. The van der Waals surface area contributed by atoms with Gasteiger partial charge in [-0.05, 0) is 32.0 Å². The van der Waals surface area contributed by atoms with E-state index >= 15 is 0 Å². The number of methoxy groups -OCH3 is 1. The summed E-state index contributed by atoms with van der Waals surface area (Å²) in [5.74, 6) is 0.940. The number of hydrogen-bond donors (Lipinski definition) is 1. The Kier molecular flexibility index (Phi) is 11.0. The molecule has 0 saturated carbocycles. The van der Waals surface area contributed by atoms with Gasteiger partial charge < -0.3 is 28.3 Å². The zero-order valence-corrected chi connectivity index (χ0v) is 28.2. The Hall–Kier alpha value is -2.65. The molecule has 0 bridgehead atoms. The fourth-order valence-corrected chi connectivity index (χ4v) is 6.59. The van der Waals surface area contributed by atoms with Crippen molar-refractivity contribution in [1.29, 1.82) is 0 Å². The molecule has 1 unspecified atom stereocenters. The minimum atomic E-state index is -1.00. The minimum Gasteiger partial charge on any atom is -0.497 e. The van der Waals surface area contributed by atoms with Crippen LogP contribution in [0.4, 0.5) is 4.79 Å². The molecule has 0 fully saturated rings. The van der Waals surface area contributed by atoms with Crippen molar-refractivity contribution in [3.05, 3.63) is 35.5 Å². The number of hydrogen-bond acceptors (Lipinski definition) is 7. The highest BCUT2D eigenvalue weighted by atomic mass is 35.5. The second-order valence-electron chi connectivity index (χ2n) is 10.5. The quantitative estimate of drug-likeness (QED) is 0.209. The third-order valence-corrected chi connectivity index (χ3v) is 8.57. The summed E-state index contributed by atoms with van der Waals surface area (Å²) >= 11 is 6.62. The molecule has 0 aliphatic rings. The Bertz CT molecular complexity index is 1300. The van der Waals surface area contributed by atoms with Gasteiger partial charge in [-0.3, -0.25) is 0 Å². The van der Waals surface area contributed by atoms with E-state index in [4.69, 9.17) is 34.9 Å². The average Bonchev–Trinajstić information content (AvgIpc) is 3.35. The predicted octanol–water partition coefficient (Wildman–Crippen LogP) is 4.60. The van der Waals surface area contributed by atoms with E-state index < -0.39 is 37.3 Å². The van der Waals surface area contributed by atoms with Crippen molar-refractivity contribution in [3.63, 3.8) is 0 Å². The standard InChI is InChI=1S/C27H41ClN4O6Si2/c1-16(2)32-24-21(13-29-32)22(28)12-23(30-24)17-9-19(35-6)11-20(10-17)36-15-18(14-31(5)26(33)34)27(3,4)25(37-39-7)38-40-8/h9-13,16,18,25H,14-15,39-40H2,1-8H3,(H,33,34). The molecule has 13 heteroatoms. The SMILES string of the molecule is COc1cc(OCC(CN(C)C(=O)O)C(C)(C)C(O[SiH2]C)O[SiH2]C)cc(-c2cc(Cl)c3cnn(C(C)C)c3n2)c1. The molecule has 2 heterocycles. The van der Waals surface area contributed by atoms with Crippen LogP contribution in [-0.2, 0) is 8.85 Å². The summed E-state index contributed by atoms with van der Waals surface area (Å²) < 4.78 is 25.9. The second kappa shape index (κ2) is 13.8. The second-order valence-corrected chi connectivity index (χ2v) is 12.8. The summed E-state index contributed by atoms with van der Waals surface area (Å²) in [6.45, 7) is 12.8. The first-order valence-corrected chi connectivity index (χ1v) is 17.8. The highest BCUT2D eigenvalue weighted by molar-refractivity contribution is 6.35. The number of rotatable bonds is 14. The van der Waals surface area contributed by atoms with Gasteiger partial charge >= 0.3 is 6.09 Å². The molecule has 1 aromatic carbocycles. The van der Waals surface area contributed by atoms with Crippen LogP contribution in [0.25, 0.3) is 22.3 Å². The Morgan fingerprint density at radius 1 is 1.15 bits per heavy atom. The molecule has 40 heavy (non-hydrogen) atoms. The highest BCUT2D eigenvalue weighted by Crippen LogP contribution is 2.37. The molecule has 3 aromatic rings. The van der Waals surface area contributed by atoms with Crippen molar-refractivity contribution in [3.8, 4) is 22.8 Å². The number of benzene rings is 1. The van der Waals surface area contributed by atoms with Crippen molar-refractivity contribution in [2.45, 2.75) is 53.1 Å². The molecule has 1 N–H and O–H groups in total. The number of aromatic nitrogens is 3. The van der Waals surface area contributed by atoms with Crippen LogP contribution in [0.1, 0.15) is 33.7 Å². The number of pyridine rings is 1. The maximum atomic E-state index is 11.7.